The van der Waals surface area contributed by atoms with Gasteiger partial charge in [0.25, 0.3) is 6.01 Å². The molecule has 0 spiro atoms. The van der Waals surface area contributed by atoms with Crippen LogP contribution in [0.1, 0.15) is 60.3 Å². The fourth-order valence-electron chi connectivity index (χ4n) is 5.28. The van der Waals surface area contributed by atoms with Crippen molar-refractivity contribution in [3.05, 3.63) is 65.4 Å². The van der Waals surface area contributed by atoms with Gasteiger partial charge in [-0.1, -0.05) is 18.2 Å². The van der Waals surface area contributed by atoms with Crippen molar-refractivity contribution in [2.24, 2.45) is 5.92 Å². The molecule has 0 saturated carbocycles. The van der Waals surface area contributed by atoms with E-state index in [1.54, 1.807) is 29.2 Å². The minimum absolute atomic E-state index is 0.148. The van der Waals surface area contributed by atoms with E-state index in [0.29, 0.717) is 37.6 Å². The van der Waals surface area contributed by atoms with Crippen LogP contribution in [0.3, 0.4) is 0 Å². The number of Topliss-reactive ketones (excluding diaryl/α,β-unsaturated/α-hetero) is 1. The van der Waals surface area contributed by atoms with E-state index < -0.39 is 29.2 Å². The first-order valence-electron chi connectivity index (χ1n) is 13.8. The molecular formula is C29H31F4N5O3. The second kappa shape index (κ2) is 12.3. The van der Waals surface area contributed by atoms with Crippen molar-refractivity contribution >= 4 is 29.2 Å². The second-order valence-electron chi connectivity index (χ2n) is 10.5. The number of hydrogen-bond donors (Lipinski definition) is 1. The number of rotatable bonds is 8. The zero-order chi connectivity index (χ0) is 29.0. The molecule has 3 aromatic rings. The Bertz CT molecular complexity index is 1360. The molecule has 12 heteroatoms. The zero-order valence-corrected chi connectivity index (χ0v) is 22.4. The van der Waals surface area contributed by atoms with Crippen molar-refractivity contribution in [3.63, 3.8) is 0 Å². The number of benzene rings is 1. The van der Waals surface area contributed by atoms with Crippen LogP contribution in [0, 0.1) is 11.7 Å². The Morgan fingerprint density at radius 2 is 1.71 bits per heavy atom. The highest BCUT2D eigenvalue weighted by molar-refractivity contribution is 5.96. The number of nitrogens with zero attached hydrogens (tertiary/aromatic N) is 4. The molecule has 1 aromatic carbocycles. The van der Waals surface area contributed by atoms with Crippen LogP contribution < -0.4 is 15.1 Å². The van der Waals surface area contributed by atoms with Crippen LogP contribution in [-0.4, -0.2) is 47.8 Å². The van der Waals surface area contributed by atoms with Gasteiger partial charge in [-0.05, 0) is 61.8 Å². The van der Waals surface area contributed by atoms with Crippen LogP contribution >= 0.6 is 0 Å². The number of pyridine rings is 1. The number of hydrogen-bond acceptors (Lipinski definition) is 7. The van der Waals surface area contributed by atoms with Gasteiger partial charge in [-0.2, -0.15) is 18.2 Å². The molecule has 4 heterocycles. The molecule has 218 valence electrons. The second-order valence-corrected chi connectivity index (χ2v) is 10.5. The summed E-state index contributed by atoms with van der Waals surface area (Å²) in [5.74, 6) is -1.46. The van der Waals surface area contributed by atoms with Gasteiger partial charge < -0.3 is 19.5 Å². The lowest BCUT2D eigenvalue weighted by atomic mass is 9.93. The summed E-state index contributed by atoms with van der Waals surface area (Å²) >= 11 is 0. The molecular weight excluding hydrogens is 542 g/mol. The number of ketones is 1. The highest BCUT2D eigenvalue weighted by Gasteiger charge is 2.41. The summed E-state index contributed by atoms with van der Waals surface area (Å²) in [6.45, 7) is 2.40. The quantitative estimate of drug-likeness (QED) is 0.266. The maximum atomic E-state index is 13.8. The molecule has 2 saturated heterocycles. The standard InChI is InChI=1S/C29H31F4N5O3/c30-21-6-2-3-7-22(21)35-25(40)17-19-10-14-37(15-11-19)24-9-8-20(18-34-24)16-23(39)26-27(29(31,32)33)36-28(41-26)38-12-4-1-5-13-38/h2-3,6-9,18-19H,1,4-5,10-17H2,(H,35,40). The van der Waals surface area contributed by atoms with E-state index in [0.717, 1.165) is 32.1 Å². The van der Waals surface area contributed by atoms with Crippen LogP contribution in [-0.2, 0) is 17.4 Å². The van der Waals surface area contributed by atoms with Crippen molar-refractivity contribution in [1.29, 1.82) is 0 Å². The van der Waals surface area contributed by atoms with Crippen LogP contribution in [0.25, 0.3) is 0 Å². The summed E-state index contributed by atoms with van der Waals surface area (Å²) in [5, 5.41) is 2.62. The molecule has 0 unspecified atom stereocenters. The molecule has 1 N–H and O–H groups in total. The van der Waals surface area contributed by atoms with Crippen LogP contribution in [0.2, 0.25) is 0 Å². The SMILES string of the molecule is O=C(CC1CCN(c2ccc(CC(=O)c3oc(N4CCCCC4)nc3C(F)(F)F)cn2)CC1)Nc1ccccc1F. The van der Waals surface area contributed by atoms with Crippen LogP contribution in [0.15, 0.2) is 47.0 Å². The molecule has 0 bridgehead atoms. The number of alkyl halides is 3. The topological polar surface area (TPSA) is 91.6 Å². The summed E-state index contributed by atoms with van der Waals surface area (Å²) in [6, 6.07) is 9.27. The number of halogens is 4. The maximum Gasteiger partial charge on any atom is 0.437 e. The summed E-state index contributed by atoms with van der Waals surface area (Å²) in [7, 11) is 0. The molecule has 5 rings (SSSR count). The third kappa shape index (κ3) is 7.04. The van der Waals surface area contributed by atoms with Gasteiger partial charge in [-0.15, -0.1) is 0 Å². The first-order chi connectivity index (χ1) is 19.7. The van der Waals surface area contributed by atoms with Gasteiger partial charge >= 0.3 is 6.18 Å². The van der Waals surface area contributed by atoms with Crippen molar-refractivity contribution in [1.82, 2.24) is 9.97 Å². The maximum absolute atomic E-state index is 13.8. The molecule has 2 aliphatic rings. The predicted molar refractivity (Wildman–Crippen MR) is 144 cm³/mol. The Morgan fingerprint density at radius 3 is 2.37 bits per heavy atom. The third-order valence-electron chi connectivity index (χ3n) is 7.50. The Morgan fingerprint density at radius 1 is 0.976 bits per heavy atom. The minimum atomic E-state index is -4.81. The van der Waals surface area contributed by atoms with E-state index >= 15 is 0 Å². The largest absolute Gasteiger partial charge is 0.437 e. The summed E-state index contributed by atoms with van der Waals surface area (Å²) < 4.78 is 60.1. The molecule has 0 aliphatic carbocycles. The molecule has 0 atom stereocenters. The minimum Gasteiger partial charge on any atom is -0.420 e. The molecule has 0 radical (unpaired) electrons. The molecule has 2 fully saturated rings. The number of para-hydroxylation sites is 1. The van der Waals surface area contributed by atoms with Gasteiger partial charge in [-0.25, -0.2) is 9.37 Å². The van der Waals surface area contributed by atoms with E-state index in [4.69, 9.17) is 4.42 Å². The summed E-state index contributed by atoms with van der Waals surface area (Å²) in [4.78, 5) is 37.0. The third-order valence-corrected chi connectivity index (χ3v) is 7.50. The summed E-state index contributed by atoms with van der Waals surface area (Å²) in [6.07, 6.45) is 0.800. The van der Waals surface area contributed by atoms with Crippen molar-refractivity contribution in [2.75, 3.05) is 41.3 Å². The number of oxazole rings is 1. The first kappa shape index (κ1) is 28.6. The van der Waals surface area contributed by atoms with Gasteiger partial charge in [0.05, 0.1) is 5.69 Å². The van der Waals surface area contributed by atoms with Gasteiger partial charge in [0.1, 0.15) is 11.6 Å². The lowest BCUT2D eigenvalue weighted by Crippen LogP contribution is -2.35. The Labute approximate surface area is 234 Å². The highest BCUT2D eigenvalue weighted by Crippen LogP contribution is 2.35. The number of anilines is 3. The smallest absolute Gasteiger partial charge is 0.420 e. The van der Waals surface area contributed by atoms with Gasteiger partial charge in [0.2, 0.25) is 17.5 Å². The van der Waals surface area contributed by atoms with Gasteiger partial charge in [-0.3, -0.25) is 9.59 Å². The van der Waals surface area contributed by atoms with E-state index in [9.17, 15) is 27.2 Å². The van der Waals surface area contributed by atoms with E-state index in [1.165, 1.54) is 18.3 Å². The number of nitrogens with one attached hydrogen (secondary N) is 1. The van der Waals surface area contributed by atoms with E-state index in [1.807, 2.05) is 0 Å². The number of piperidine rings is 2. The van der Waals surface area contributed by atoms with Crippen LogP contribution in [0.5, 0.6) is 0 Å². The van der Waals surface area contributed by atoms with Crippen molar-refractivity contribution in [2.45, 2.75) is 51.1 Å². The number of carbonyl (C=O) groups is 2. The van der Waals surface area contributed by atoms with E-state index in [-0.39, 0.29) is 36.4 Å². The molecule has 41 heavy (non-hydrogen) atoms. The Balaban J connectivity index is 1.16. The molecule has 2 aliphatic heterocycles. The molecule has 8 nitrogen and oxygen atoms in total. The molecule has 1 amide bonds. The monoisotopic (exact) mass is 573 g/mol. The van der Waals surface area contributed by atoms with Crippen LogP contribution in [0.4, 0.5) is 35.1 Å². The molecule has 2 aromatic heterocycles. The highest BCUT2D eigenvalue weighted by atomic mass is 19.4. The van der Waals surface area contributed by atoms with Gasteiger partial charge in [0, 0.05) is 45.2 Å². The average Bonchev–Trinajstić information content (AvgIpc) is 3.43. The predicted octanol–water partition coefficient (Wildman–Crippen LogP) is 5.89. The lowest BCUT2D eigenvalue weighted by Gasteiger charge is -2.32. The normalized spacial score (nSPS) is 16.6. The zero-order valence-electron chi connectivity index (χ0n) is 22.4. The van der Waals surface area contributed by atoms with E-state index in [2.05, 4.69) is 20.2 Å². The van der Waals surface area contributed by atoms with Crippen molar-refractivity contribution in [3.8, 4) is 0 Å². The van der Waals surface area contributed by atoms with Crippen molar-refractivity contribution < 1.29 is 31.6 Å². The van der Waals surface area contributed by atoms with Gasteiger partial charge in [0.15, 0.2) is 5.69 Å². The number of carbonyl (C=O) groups excluding carboxylic acids is 2. The average molecular weight is 574 g/mol. The fourth-order valence-corrected chi connectivity index (χ4v) is 5.28. The Kier molecular flexibility index (Phi) is 8.55. The number of amides is 1. The summed E-state index contributed by atoms with van der Waals surface area (Å²) in [5.41, 5.74) is -0.668. The number of aromatic nitrogens is 2. The first-order valence-corrected chi connectivity index (χ1v) is 13.8. The Hall–Kier alpha value is -3.96. The lowest BCUT2D eigenvalue weighted by molar-refractivity contribution is -0.141. The fraction of sp³-hybridized carbons (Fsp3) is 0.448.